The SMILES string of the molecule is Cc1cnc(NCCS)nc1. The molecular weight excluding hydrogens is 158 g/mol. The maximum atomic E-state index is 4.06. The van der Waals surface area contributed by atoms with Gasteiger partial charge in [-0.3, -0.25) is 0 Å². The van der Waals surface area contributed by atoms with Crippen LogP contribution >= 0.6 is 12.6 Å². The summed E-state index contributed by atoms with van der Waals surface area (Å²) in [7, 11) is 0. The first-order chi connectivity index (χ1) is 5.33. The number of aromatic nitrogens is 2. The third-order valence-electron chi connectivity index (χ3n) is 1.18. The molecule has 0 spiro atoms. The van der Waals surface area contributed by atoms with E-state index in [-0.39, 0.29) is 0 Å². The van der Waals surface area contributed by atoms with Gasteiger partial charge in [-0.2, -0.15) is 12.6 Å². The molecule has 0 aromatic carbocycles. The molecule has 1 rings (SSSR count). The van der Waals surface area contributed by atoms with E-state index in [2.05, 4.69) is 27.9 Å². The van der Waals surface area contributed by atoms with Crippen molar-refractivity contribution in [2.24, 2.45) is 0 Å². The van der Waals surface area contributed by atoms with Crippen LogP contribution in [0.1, 0.15) is 5.56 Å². The molecule has 60 valence electrons. The molecule has 1 aromatic heterocycles. The summed E-state index contributed by atoms with van der Waals surface area (Å²) in [5.74, 6) is 1.46. The van der Waals surface area contributed by atoms with Crippen LogP contribution in [0.2, 0.25) is 0 Å². The van der Waals surface area contributed by atoms with Gasteiger partial charge in [0.05, 0.1) is 0 Å². The van der Waals surface area contributed by atoms with Crippen molar-refractivity contribution in [2.45, 2.75) is 6.92 Å². The lowest BCUT2D eigenvalue weighted by molar-refractivity contribution is 1.07. The monoisotopic (exact) mass is 169 g/mol. The Labute approximate surface area is 71.7 Å². The Balaban J connectivity index is 2.52. The van der Waals surface area contributed by atoms with Crippen molar-refractivity contribution in [1.29, 1.82) is 0 Å². The third kappa shape index (κ3) is 2.76. The lowest BCUT2D eigenvalue weighted by Crippen LogP contribution is -2.05. The van der Waals surface area contributed by atoms with Gasteiger partial charge in [0.1, 0.15) is 0 Å². The van der Waals surface area contributed by atoms with E-state index in [0.29, 0.717) is 5.95 Å². The van der Waals surface area contributed by atoms with Crippen molar-refractivity contribution in [1.82, 2.24) is 9.97 Å². The summed E-state index contributed by atoms with van der Waals surface area (Å²) in [6, 6.07) is 0. The molecule has 1 aromatic rings. The highest BCUT2D eigenvalue weighted by Gasteiger charge is 1.91. The first-order valence-corrected chi connectivity index (χ1v) is 4.09. The molecule has 0 aliphatic heterocycles. The van der Waals surface area contributed by atoms with Gasteiger partial charge in [-0.15, -0.1) is 0 Å². The second kappa shape index (κ2) is 4.18. The van der Waals surface area contributed by atoms with Crippen LogP contribution in [0, 0.1) is 6.92 Å². The molecule has 1 heterocycles. The minimum absolute atomic E-state index is 0.671. The van der Waals surface area contributed by atoms with Crippen molar-refractivity contribution >= 4 is 18.6 Å². The van der Waals surface area contributed by atoms with Gasteiger partial charge < -0.3 is 5.32 Å². The zero-order valence-corrected chi connectivity index (χ0v) is 7.30. The van der Waals surface area contributed by atoms with Gasteiger partial charge in [0.2, 0.25) is 5.95 Å². The smallest absolute Gasteiger partial charge is 0.222 e. The summed E-state index contributed by atoms with van der Waals surface area (Å²) in [5.41, 5.74) is 1.07. The highest BCUT2D eigenvalue weighted by molar-refractivity contribution is 7.80. The van der Waals surface area contributed by atoms with E-state index in [1.54, 1.807) is 12.4 Å². The molecule has 0 saturated heterocycles. The molecular formula is C7H11N3S. The van der Waals surface area contributed by atoms with Crippen molar-refractivity contribution in [3.8, 4) is 0 Å². The average Bonchev–Trinajstić information content (AvgIpc) is 2.04. The van der Waals surface area contributed by atoms with Crippen LogP contribution in [0.15, 0.2) is 12.4 Å². The summed E-state index contributed by atoms with van der Waals surface area (Å²) >= 11 is 4.05. The van der Waals surface area contributed by atoms with E-state index in [4.69, 9.17) is 0 Å². The fourth-order valence-corrected chi connectivity index (χ4v) is 0.763. The molecule has 0 bridgehead atoms. The fraction of sp³-hybridized carbons (Fsp3) is 0.429. The van der Waals surface area contributed by atoms with Crippen LogP contribution in [-0.4, -0.2) is 22.3 Å². The van der Waals surface area contributed by atoms with E-state index in [0.717, 1.165) is 17.9 Å². The van der Waals surface area contributed by atoms with E-state index >= 15 is 0 Å². The van der Waals surface area contributed by atoms with Crippen LogP contribution < -0.4 is 5.32 Å². The van der Waals surface area contributed by atoms with Crippen molar-refractivity contribution in [2.75, 3.05) is 17.6 Å². The standard InChI is InChI=1S/C7H11N3S/c1-6-4-9-7(10-5-6)8-2-3-11/h4-5,11H,2-3H2,1H3,(H,8,9,10). The van der Waals surface area contributed by atoms with E-state index in [1.807, 2.05) is 6.92 Å². The predicted octanol–water partition coefficient (Wildman–Crippen LogP) is 1.13. The van der Waals surface area contributed by atoms with E-state index in [1.165, 1.54) is 0 Å². The molecule has 0 unspecified atom stereocenters. The molecule has 3 nitrogen and oxygen atoms in total. The minimum atomic E-state index is 0.671. The highest BCUT2D eigenvalue weighted by atomic mass is 32.1. The second-order valence-corrected chi connectivity index (χ2v) is 2.68. The Hall–Kier alpha value is -0.770. The van der Waals surface area contributed by atoms with Gasteiger partial charge in [-0.1, -0.05) is 0 Å². The Morgan fingerprint density at radius 2 is 2.09 bits per heavy atom. The Morgan fingerprint density at radius 1 is 1.45 bits per heavy atom. The normalized spacial score (nSPS) is 9.64. The molecule has 0 fully saturated rings. The average molecular weight is 169 g/mol. The summed E-state index contributed by atoms with van der Waals surface area (Å²) in [4.78, 5) is 8.12. The van der Waals surface area contributed by atoms with Gasteiger partial charge in [-0.25, -0.2) is 9.97 Å². The van der Waals surface area contributed by atoms with Crippen LogP contribution in [-0.2, 0) is 0 Å². The number of rotatable bonds is 3. The Bertz CT molecular complexity index is 209. The first-order valence-electron chi connectivity index (χ1n) is 3.46. The van der Waals surface area contributed by atoms with Gasteiger partial charge in [0.25, 0.3) is 0 Å². The minimum Gasteiger partial charge on any atom is -0.353 e. The van der Waals surface area contributed by atoms with Crippen LogP contribution in [0.4, 0.5) is 5.95 Å². The van der Waals surface area contributed by atoms with Crippen LogP contribution in [0.5, 0.6) is 0 Å². The van der Waals surface area contributed by atoms with Crippen molar-refractivity contribution in [3.05, 3.63) is 18.0 Å². The quantitative estimate of drug-likeness (QED) is 0.666. The molecule has 0 aliphatic carbocycles. The third-order valence-corrected chi connectivity index (χ3v) is 1.40. The lowest BCUT2D eigenvalue weighted by Gasteiger charge is -2.00. The largest absolute Gasteiger partial charge is 0.353 e. The molecule has 0 radical (unpaired) electrons. The molecule has 0 aliphatic rings. The van der Waals surface area contributed by atoms with Crippen molar-refractivity contribution in [3.63, 3.8) is 0 Å². The summed E-state index contributed by atoms with van der Waals surface area (Å²) < 4.78 is 0. The molecule has 11 heavy (non-hydrogen) atoms. The molecule has 0 amide bonds. The molecule has 0 atom stereocenters. The number of hydrogen-bond donors (Lipinski definition) is 2. The molecule has 4 heteroatoms. The Kier molecular flexibility index (Phi) is 3.16. The zero-order chi connectivity index (χ0) is 8.10. The van der Waals surface area contributed by atoms with Gasteiger partial charge in [0.15, 0.2) is 0 Å². The van der Waals surface area contributed by atoms with Gasteiger partial charge >= 0.3 is 0 Å². The van der Waals surface area contributed by atoms with Gasteiger partial charge in [-0.05, 0) is 12.5 Å². The van der Waals surface area contributed by atoms with Crippen LogP contribution in [0.25, 0.3) is 0 Å². The summed E-state index contributed by atoms with van der Waals surface area (Å²) in [6.07, 6.45) is 3.57. The van der Waals surface area contributed by atoms with Crippen LogP contribution in [0.3, 0.4) is 0 Å². The second-order valence-electron chi connectivity index (χ2n) is 2.23. The first kappa shape index (κ1) is 8.33. The number of thiol groups is 1. The maximum absolute atomic E-state index is 4.06. The number of nitrogens with one attached hydrogen (secondary N) is 1. The van der Waals surface area contributed by atoms with E-state index < -0.39 is 0 Å². The zero-order valence-electron chi connectivity index (χ0n) is 6.41. The number of hydrogen-bond acceptors (Lipinski definition) is 4. The summed E-state index contributed by atoms with van der Waals surface area (Å²) in [5, 5.41) is 3.02. The summed E-state index contributed by atoms with van der Waals surface area (Å²) in [6.45, 7) is 2.76. The molecule has 0 saturated carbocycles. The van der Waals surface area contributed by atoms with Gasteiger partial charge in [0, 0.05) is 24.7 Å². The highest BCUT2D eigenvalue weighted by Crippen LogP contribution is 1.97. The maximum Gasteiger partial charge on any atom is 0.222 e. The fourth-order valence-electron chi connectivity index (χ4n) is 0.652. The number of nitrogens with zero attached hydrogens (tertiary/aromatic N) is 2. The van der Waals surface area contributed by atoms with Crippen molar-refractivity contribution < 1.29 is 0 Å². The molecule has 1 N–H and O–H groups in total. The Morgan fingerprint density at radius 3 is 2.64 bits per heavy atom. The topological polar surface area (TPSA) is 37.8 Å². The number of anilines is 1. The lowest BCUT2D eigenvalue weighted by atomic mass is 10.4. The van der Waals surface area contributed by atoms with E-state index in [9.17, 15) is 0 Å². The predicted molar refractivity (Wildman–Crippen MR) is 49.1 cm³/mol. The number of aryl methyl sites for hydroxylation is 1.